The summed E-state index contributed by atoms with van der Waals surface area (Å²) in [6.07, 6.45) is 1.15. The Balaban J connectivity index is 1.71. The van der Waals surface area contributed by atoms with E-state index in [0.29, 0.717) is 24.9 Å². The van der Waals surface area contributed by atoms with Crippen molar-refractivity contribution in [2.45, 2.75) is 48.9 Å². The third-order valence-corrected chi connectivity index (χ3v) is 6.89. The second-order valence-corrected chi connectivity index (χ2v) is 9.04. The fourth-order valence-electron chi connectivity index (χ4n) is 4.22. The fraction of sp³-hybridized carbons (Fsp3) is 0.500. The van der Waals surface area contributed by atoms with Gasteiger partial charge >= 0.3 is 5.97 Å². The van der Waals surface area contributed by atoms with Crippen LogP contribution in [0.4, 0.5) is 0 Å². The third-order valence-electron chi connectivity index (χ3n) is 5.35. The van der Waals surface area contributed by atoms with Gasteiger partial charge in [-0.15, -0.1) is 11.8 Å². The summed E-state index contributed by atoms with van der Waals surface area (Å²) in [6.45, 7) is 4.35. The lowest BCUT2D eigenvalue weighted by Crippen LogP contribution is -2.55. The zero-order valence-electron chi connectivity index (χ0n) is 14.1. The molecular formula is C18H20N2O4S. The first-order valence-corrected chi connectivity index (χ1v) is 9.33. The number of carbonyl (C=O) groups excluding carboxylic acids is 2. The lowest BCUT2D eigenvalue weighted by atomic mass is 9.99. The number of carboxylic acids is 1. The van der Waals surface area contributed by atoms with E-state index in [2.05, 4.69) is 0 Å². The second-order valence-electron chi connectivity index (χ2n) is 7.30. The molecular weight excluding hydrogens is 340 g/mol. The minimum absolute atomic E-state index is 0.136. The van der Waals surface area contributed by atoms with Crippen LogP contribution < -0.4 is 0 Å². The van der Waals surface area contributed by atoms with Crippen molar-refractivity contribution in [1.29, 1.82) is 0 Å². The number of likely N-dealkylation sites (tertiary alicyclic amines) is 1. The summed E-state index contributed by atoms with van der Waals surface area (Å²) >= 11 is 1.60. The first kappa shape index (κ1) is 16.4. The SMILES string of the molecule is CC1(C)S[C@H]2c3ccccc3C(=O)N2[C@@H]1C(=O)N1CCC[C@H]1C(=O)O. The zero-order valence-corrected chi connectivity index (χ0v) is 15.0. The van der Waals surface area contributed by atoms with E-state index < -0.39 is 22.8 Å². The number of nitrogens with zero attached hydrogens (tertiary/aromatic N) is 2. The van der Waals surface area contributed by atoms with Gasteiger partial charge in [-0.3, -0.25) is 9.59 Å². The quantitative estimate of drug-likeness (QED) is 0.874. The van der Waals surface area contributed by atoms with Crippen molar-refractivity contribution in [1.82, 2.24) is 9.80 Å². The maximum absolute atomic E-state index is 13.3. The van der Waals surface area contributed by atoms with Crippen molar-refractivity contribution < 1.29 is 19.5 Å². The van der Waals surface area contributed by atoms with E-state index in [1.54, 1.807) is 22.7 Å². The van der Waals surface area contributed by atoms with Crippen molar-refractivity contribution in [3.8, 4) is 0 Å². The van der Waals surface area contributed by atoms with Gasteiger partial charge in [-0.05, 0) is 38.3 Å². The average molecular weight is 360 g/mol. The summed E-state index contributed by atoms with van der Waals surface area (Å²) in [5.41, 5.74) is 1.58. The van der Waals surface area contributed by atoms with Gasteiger partial charge in [-0.25, -0.2) is 4.79 Å². The molecule has 1 aromatic rings. The highest BCUT2D eigenvalue weighted by Gasteiger charge is 2.58. The smallest absolute Gasteiger partial charge is 0.326 e. The lowest BCUT2D eigenvalue weighted by molar-refractivity contribution is -0.150. The standard InChI is InChI=1S/C18H20N2O4S/c1-18(2)13(15(22)19-9-5-8-12(19)17(23)24)20-14(21)10-6-3-4-7-11(10)16(20)25-18/h3-4,6-7,12-13,16H,5,8-9H2,1-2H3,(H,23,24)/t12-,13+,16-/m0/s1. The van der Waals surface area contributed by atoms with E-state index in [1.165, 1.54) is 4.90 Å². The molecule has 0 radical (unpaired) electrons. The predicted molar refractivity (Wildman–Crippen MR) is 93.2 cm³/mol. The molecule has 3 aliphatic rings. The van der Waals surface area contributed by atoms with Crippen LogP contribution in [0.15, 0.2) is 24.3 Å². The van der Waals surface area contributed by atoms with Crippen LogP contribution in [0.25, 0.3) is 0 Å². The minimum Gasteiger partial charge on any atom is -0.480 e. The topological polar surface area (TPSA) is 77.9 Å². The molecule has 4 rings (SSSR count). The normalized spacial score (nSPS) is 29.7. The summed E-state index contributed by atoms with van der Waals surface area (Å²) in [7, 11) is 0. The molecule has 6 nitrogen and oxygen atoms in total. The molecule has 2 saturated heterocycles. The van der Waals surface area contributed by atoms with Crippen LogP contribution in [0, 0.1) is 0 Å². The van der Waals surface area contributed by atoms with Gasteiger partial charge in [0.2, 0.25) is 5.91 Å². The summed E-state index contributed by atoms with van der Waals surface area (Å²) in [5.74, 6) is -1.35. The Kier molecular flexibility index (Phi) is 3.61. The van der Waals surface area contributed by atoms with Crippen molar-refractivity contribution in [2.75, 3.05) is 6.54 Å². The second kappa shape index (κ2) is 5.49. The molecule has 0 saturated carbocycles. The van der Waals surface area contributed by atoms with E-state index in [0.717, 1.165) is 5.56 Å². The summed E-state index contributed by atoms with van der Waals surface area (Å²) in [4.78, 5) is 40.8. The molecule has 1 N–H and O–H groups in total. The molecule has 0 aromatic heterocycles. The van der Waals surface area contributed by atoms with Gasteiger partial charge in [-0.1, -0.05) is 18.2 Å². The van der Waals surface area contributed by atoms with Crippen molar-refractivity contribution in [2.24, 2.45) is 0 Å². The maximum atomic E-state index is 13.3. The molecule has 0 bridgehead atoms. The molecule has 1 aromatic carbocycles. The van der Waals surface area contributed by atoms with Crippen LogP contribution in [-0.2, 0) is 9.59 Å². The number of carbonyl (C=O) groups is 3. The monoisotopic (exact) mass is 360 g/mol. The molecule has 3 heterocycles. The summed E-state index contributed by atoms with van der Waals surface area (Å²) < 4.78 is -0.476. The minimum atomic E-state index is -0.970. The number of benzene rings is 1. The highest BCUT2D eigenvalue weighted by molar-refractivity contribution is 8.01. The Morgan fingerprint density at radius 3 is 2.72 bits per heavy atom. The Hall–Kier alpha value is -2.02. The molecule has 25 heavy (non-hydrogen) atoms. The van der Waals surface area contributed by atoms with Crippen molar-refractivity contribution >= 4 is 29.5 Å². The number of aliphatic carboxylic acids is 1. The molecule has 7 heteroatoms. The number of thioether (sulfide) groups is 1. The molecule has 0 aliphatic carbocycles. The van der Waals surface area contributed by atoms with Gasteiger partial charge in [0.1, 0.15) is 17.5 Å². The van der Waals surface area contributed by atoms with Crippen LogP contribution in [0.5, 0.6) is 0 Å². The van der Waals surface area contributed by atoms with Crippen LogP contribution in [0.2, 0.25) is 0 Å². The fourth-order valence-corrected chi connectivity index (χ4v) is 5.81. The van der Waals surface area contributed by atoms with Gasteiger partial charge in [0, 0.05) is 16.9 Å². The zero-order chi connectivity index (χ0) is 17.9. The van der Waals surface area contributed by atoms with E-state index >= 15 is 0 Å². The molecule has 132 valence electrons. The number of hydrogen-bond donors (Lipinski definition) is 1. The first-order valence-electron chi connectivity index (χ1n) is 8.45. The maximum Gasteiger partial charge on any atom is 0.326 e. The Bertz CT molecular complexity index is 778. The first-order chi connectivity index (χ1) is 11.8. The summed E-state index contributed by atoms with van der Waals surface area (Å²) in [6, 6.07) is 6.02. The van der Waals surface area contributed by atoms with E-state index in [-0.39, 0.29) is 17.2 Å². The van der Waals surface area contributed by atoms with Gasteiger partial charge in [-0.2, -0.15) is 0 Å². The van der Waals surface area contributed by atoms with Gasteiger partial charge in [0.05, 0.1) is 0 Å². The largest absolute Gasteiger partial charge is 0.480 e. The van der Waals surface area contributed by atoms with Crippen LogP contribution >= 0.6 is 11.8 Å². The molecule has 0 spiro atoms. The molecule has 3 aliphatic heterocycles. The predicted octanol–water partition coefficient (Wildman–Crippen LogP) is 2.11. The molecule has 3 atom stereocenters. The van der Waals surface area contributed by atoms with E-state index in [4.69, 9.17) is 0 Å². The van der Waals surface area contributed by atoms with Gasteiger partial charge < -0.3 is 14.9 Å². The third kappa shape index (κ3) is 2.28. The Morgan fingerprint density at radius 2 is 2.00 bits per heavy atom. The highest BCUT2D eigenvalue weighted by Crippen LogP contribution is 2.57. The van der Waals surface area contributed by atoms with Gasteiger partial charge in [0.15, 0.2) is 0 Å². The van der Waals surface area contributed by atoms with E-state index in [9.17, 15) is 19.5 Å². The van der Waals surface area contributed by atoms with Crippen molar-refractivity contribution in [3.05, 3.63) is 35.4 Å². The highest BCUT2D eigenvalue weighted by atomic mass is 32.2. The van der Waals surface area contributed by atoms with Gasteiger partial charge in [0.25, 0.3) is 5.91 Å². The number of carboxylic acid groups (broad SMARTS) is 1. The molecule has 2 amide bonds. The lowest BCUT2D eigenvalue weighted by Gasteiger charge is -2.34. The average Bonchev–Trinajstić information content (AvgIpc) is 3.21. The van der Waals surface area contributed by atoms with Crippen molar-refractivity contribution in [3.63, 3.8) is 0 Å². The van der Waals surface area contributed by atoms with E-state index in [1.807, 2.05) is 32.0 Å². The Labute approximate surface area is 150 Å². The summed E-state index contributed by atoms with van der Waals surface area (Å²) in [5, 5.41) is 9.23. The number of hydrogen-bond acceptors (Lipinski definition) is 4. The van der Waals surface area contributed by atoms with Crippen LogP contribution in [-0.4, -0.2) is 56.1 Å². The number of amides is 2. The van der Waals surface area contributed by atoms with Crippen LogP contribution in [0.3, 0.4) is 0 Å². The molecule has 0 unspecified atom stereocenters. The molecule has 2 fully saturated rings. The number of rotatable bonds is 2. The Morgan fingerprint density at radius 1 is 1.28 bits per heavy atom. The van der Waals surface area contributed by atoms with Crippen LogP contribution in [0.1, 0.15) is 48.0 Å². The number of fused-ring (bicyclic) bond motifs is 3.